The van der Waals surface area contributed by atoms with Gasteiger partial charge in [0, 0.05) is 59.4 Å². The molecule has 5 rings (SSSR count). The van der Waals surface area contributed by atoms with Crippen LogP contribution in [-0.2, 0) is 26.1 Å². The summed E-state index contributed by atoms with van der Waals surface area (Å²) in [7, 11) is 3.15. The normalized spacial score (nSPS) is 11.6. The van der Waals surface area contributed by atoms with Gasteiger partial charge < -0.3 is 9.84 Å². The van der Waals surface area contributed by atoms with Gasteiger partial charge in [-0.15, -0.1) is 5.10 Å². The SMILES string of the molecule is COc1nc2cc(O)c(-c3ccc(C)nc3C)c(Cc3cnnn3C)c2c(C#N)c1Cc1ccc(C(F)(F)F)cc1. The van der Waals surface area contributed by atoms with Crippen LogP contribution in [0.1, 0.15) is 44.9 Å². The average Bonchev–Trinajstić information content (AvgIpc) is 3.33. The second-order valence-electron chi connectivity index (χ2n) is 9.71. The summed E-state index contributed by atoms with van der Waals surface area (Å²) in [5.74, 6) is 0.0905. The first kappa shape index (κ1) is 27.6. The van der Waals surface area contributed by atoms with Crippen molar-refractivity contribution in [1.29, 1.82) is 5.26 Å². The minimum Gasteiger partial charge on any atom is -0.507 e. The number of benzene rings is 2. The minimum atomic E-state index is -4.46. The zero-order valence-corrected chi connectivity index (χ0v) is 22.7. The minimum absolute atomic E-state index is 0.0506. The molecular formula is C30H25F3N6O2. The zero-order chi connectivity index (χ0) is 29.5. The zero-order valence-electron chi connectivity index (χ0n) is 22.7. The Labute approximate surface area is 233 Å². The molecule has 41 heavy (non-hydrogen) atoms. The van der Waals surface area contributed by atoms with E-state index < -0.39 is 11.7 Å². The highest BCUT2D eigenvalue weighted by Crippen LogP contribution is 2.43. The fraction of sp³-hybridized carbons (Fsp3) is 0.233. The van der Waals surface area contributed by atoms with E-state index in [0.29, 0.717) is 44.4 Å². The molecule has 0 aliphatic heterocycles. The molecule has 5 aromatic rings. The van der Waals surface area contributed by atoms with Crippen molar-refractivity contribution in [2.24, 2.45) is 7.05 Å². The molecule has 8 nitrogen and oxygen atoms in total. The van der Waals surface area contributed by atoms with Crippen molar-refractivity contribution < 1.29 is 23.0 Å². The Hall–Kier alpha value is -4.98. The molecular weight excluding hydrogens is 533 g/mol. The van der Waals surface area contributed by atoms with Crippen LogP contribution in [-0.4, -0.2) is 37.2 Å². The fourth-order valence-electron chi connectivity index (χ4n) is 5.06. The average molecular weight is 559 g/mol. The van der Waals surface area contributed by atoms with E-state index in [4.69, 9.17) is 4.74 Å². The Morgan fingerprint density at radius 1 is 1.02 bits per heavy atom. The molecule has 3 heterocycles. The molecule has 0 bridgehead atoms. The highest BCUT2D eigenvalue weighted by molar-refractivity contribution is 5.98. The van der Waals surface area contributed by atoms with Crippen LogP contribution >= 0.6 is 0 Å². The third kappa shape index (κ3) is 5.16. The lowest BCUT2D eigenvalue weighted by molar-refractivity contribution is -0.137. The lowest BCUT2D eigenvalue weighted by atomic mass is 9.87. The van der Waals surface area contributed by atoms with E-state index in [2.05, 4.69) is 26.3 Å². The van der Waals surface area contributed by atoms with E-state index >= 15 is 0 Å². The largest absolute Gasteiger partial charge is 0.507 e. The number of nitriles is 1. The van der Waals surface area contributed by atoms with E-state index in [1.54, 1.807) is 17.9 Å². The summed E-state index contributed by atoms with van der Waals surface area (Å²) in [6.45, 7) is 3.71. The smallest absolute Gasteiger partial charge is 0.416 e. The quantitative estimate of drug-likeness (QED) is 0.279. The van der Waals surface area contributed by atoms with Crippen molar-refractivity contribution in [2.45, 2.75) is 32.9 Å². The van der Waals surface area contributed by atoms with Gasteiger partial charge in [0.2, 0.25) is 5.88 Å². The molecule has 0 radical (unpaired) electrons. The number of phenols is 1. The first-order valence-corrected chi connectivity index (χ1v) is 12.6. The monoisotopic (exact) mass is 558 g/mol. The van der Waals surface area contributed by atoms with Gasteiger partial charge in [-0.1, -0.05) is 23.4 Å². The molecule has 2 aromatic carbocycles. The third-order valence-corrected chi connectivity index (χ3v) is 7.05. The number of pyridine rings is 2. The second kappa shape index (κ2) is 10.5. The van der Waals surface area contributed by atoms with Gasteiger partial charge in [0.1, 0.15) is 11.8 Å². The molecule has 0 saturated heterocycles. The van der Waals surface area contributed by atoms with Gasteiger partial charge in [0.25, 0.3) is 0 Å². The number of hydrogen-bond donors (Lipinski definition) is 1. The number of halogens is 3. The number of aromatic nitrogens is 5. The van der Waals surface area contributed by atoms with E-state index in [1.165, 1.54) is 25.3 Å². The van der Waals surface area contributed by atoms with Crippen LogP contribution < -0.4 is 4.74 Å². The molecule has 3 aromatic heterocycles. The van der Waals surface area contributed by atoms with Crippen molar-refractivity contribution >= 4 is 10.9 Å². The first-order chi connectivity index (χ1) is 19.5. The van der Waals surface area contributed by atoms with Crippen molar-refractivity contribution in [3.63, 3.8) is 0 Å². The third-order valence-electron chi connectivity index (χ3n) is 7.05. The first-order valence-electron chi connectivity index (χ1n) is 12.6. The predicted octanol–water partition coefficient (Wildman–Crippen LogP) is 5.83. The van der Waals surface area contributed by atoms with E-state index in [1.807, 2.05) is 26.0 Å². The standard InChI is InChI=1S/C30H25F3N6O2/c1-16-5-10-21(17(2)36-16)28-23(12-20-15-35-38-39(20)3)27-24(14-34)22(29(41-4)37-25(27)13-26(28)40)11-18-6-8-19(9-7-18)30(31,32)33/h5-10,13,15,40H,11-12H2,1-4H3. The molecule has 0 spiro atoms. The van der Waals surface area contributed by atoms with Crippen molar-refractivity contribution in [3.05, 3.63) is 93.6 Å². The second-order valence-corrected chi connectivity index (χ2v) is 9.71. The summed E-state index contributed by atoms with van der Waals surface area (Å²) < 4.78 is 46.6. The molecule has 0 aliphatic carbocycles. The number of ether oxygens (including phenoxy) is 1. The Bertz CT molecular complexity index is 1820. The summed E-state index contributed by atoms with van der Waals surface area (Å²) in [5, 5.41) is 30.3. The van der Waals surface area contributed by atoms with Crippen molar-refractivity contribution in [2.75, 3.05) is 7.11 Å². The molecule has 0 amide bonds. The number of aryl methyl sites for hydroxylation is 3. The molecule has 0 saturated carbocycles. The number of fused-ring (bicyclic) bond motifs is 1. The molecule has 1 N–H and O–H groups in total. The molecule has 0 aliphatic rings. The van der Waals surface area contributed by atoms with Crippen molar-refractivity contribution in [3.8, 4) is 28.8 Å². The Kier molecular flexibility index (Phi) is 7.09. The van der Waals surface area contributed by atoms with Crippen LogP contribution in [0, 0.1) is 25.2 Å². The number of methoxy groups -OCH3 is 1. The summed E-state index contributed by atoms with van der Waals surface area (Å²) in [5.41, 5.74) is 4.79. The highest BCUT2D eigenvalue weighted by atomic mass is 19.4. The van der Waals surface area contributed by atoms with Gasteiger partial charge in [-0.25, -0.2) is 4.98 Å². The lowest BCUT2D eigenvalue weighted by Gasteiger charge is -2.20. The van der Waals surface area contributed by atoms with E-state index in [-0.39, 0.29) is 30.0 Å². The number of hydrogen-bond acceptors (Lipinski definition) is 7. The highest BCUT2D eigenvalue weighted by Gasteiger charge is 2.30. The van der Waals surface area contributed by atoms with Gasteiger partial charge in [-0.2, -0.15) is 18.4 Å². The molecule has 208 valence electrons. The Balaban J connectivity index is 1.81. The van der Waals surface area contributed by atoms with Crippen LogP contribution in [0.2, 0.25) is 0 Å². The van der Waals surface area contributed by atoms with Gasteiger partial charge in [0.15, 0.2) is 0 Å². The molecule has 11 heteroatoms. The van der Waals surface area contributed by atoms with Gasteiger partial charge >= 0.3 is 6.18 Å². The Morgan fingerprint density at radius 3 is 2.34 bits per heavy atom. The van der Waals surface area contributed by atoms with Crippen molar-refractivity contribution in [1.82, 2.24) is 25.0 Å². The Morgan fingerprint density at radius 2 is 1.76 bits per heavy atom. The van der Waals surface area contributed by atoms with E-state index in [9.17, 15) is 23.5 Å². The maximum Gasteiger partial charge on any atom is 0.416 e. The van der Waals surface area contributed by atoms with Crippen LogP contribution in [0.3, 0.4) is 0 Å². The van der Waals surface area contributed by atoms with Gasteiger partial charge in [-0.05, 0) is 43.2 Å². The van der Waals surface area contributed by atoms with Crippen LogP contribution in [0.25, 0.3) is 22.0 Å². The summed E-state index contributed by atoms with van der Waals surface area (Å²) in [6, 6.07) is 12.3. The number of alkyl halides is 3. The predicted molar refractivity (Wildman–Crippen MR) is 145 cm³/mol. The molecule has 0 atom stereocenters. The summed E-state index contributed by atoms with van der Waals surface area (Å²) >= 11 is 0. The maximum absolute atomic E-state index is 13.1. The van der Waals surface area contributed by atoms with Gasteiger partial charge in [0.05, 0.1) is 35.6 Å². The molecule has 0 unspecified atom stereocenters. The molecule has 0 fully saturated rings. The topological polar surface area (TPSA) is 110 Å². The van der Waals surface area contributed by atoms with Crippen LogP contribution in [0.5, 0.6) is 11.6 Å². The summed E-state index contributed by atoms with van der Waals surface area (Å²) in [4.78, 5) is 9.21. The van der Waals surface area contributed by atoms with Crippen LogP contribution in [0.15, 0.2) is 48.7 Å². The van der Waals surface area contributed by atoms with Gasteiger partial charge in [-0.3, -0.25) is 9.67 Å². The maximum atomic E-state index is 13.1. The number of aromatic hydroxyl groups is 1. The number of nitrogens with zero attached hydrogens (tertiary/aromatic N) is 6. The number of phenolic OH excluding ortho intramolecular Hbond substituents is 1. The fourth-order valence-corrected chi connectivity index (χ4v) is 5.06. The lowest BCUT2D eigenvalue weighted by Crippen LogP contribution is -2.07. The van der Waals surface area contributed by atoms with E-state index in [0.717, 1.165) is 23.5 Å². The number of rotatable bonds is 6. The van der Waals surface area contributed by atoms with Crippen LogP contribution in [0.4, 0.5) is 13.2 Å². The summed E-state index contributed by atoms with van der Waals surface area (Å²) in [6.07, 6.45) is -2.51.